The normalized spacial score (nSPS) is 17.4. The van der Waals surface area contributed by atoms with Gasteiger partial charge in [0.25, 0.3) is 5.91 Å². The fourth-order valence-electron chi connectivity index (χ4n) is 2.23. The largest absolute Gasteiger partial charge is 0.497 e. The van der Waals surface area contributed by atoms with Crippen LogP contribution in [0.15, 0.2) is 24.3 Å². The molecule has 1 aromatic rings. The van der Waals surface area contributed by atoms with Gasteiger partial charge in [0, 0.05) is 5.69 Å². The zero-order valence-corrected chi connectivity index (χ0v) is 12.6. The number of nitrogens with one attached hydrogen (secondary N) is 2. The summed E-state index contributed by atoms with van der Waals surface area (Å²) >= 11 is 0. The van der Waals surface area contributed by atoms with Crippen molar-refractivity contribution in [1.82, 2.24) is 10.2 Å². The zero-order chi connectivity index (χ0) is 16.1. The van der Waals surface area contributed by atoms with Crippen molar-refractivity contribution in [3.05, 3.63) is 24.3 Å². The molecule has 1 atom stereocenters. The highest BCUT2D eigenvalue weighted by Gasteiger charge is 2.38. The molecule has 1 aliphatic rings. The molecule has 1 aromatic carbocycles. The van der Waals surface area contributed by atoms with E-state index in [-0.39, 0.29) is 12.5 Å². The van der Waals surface area contributed by atoms with Crippen molar-refractivity contribution < 1.29 is 19.1 Å². The third-order valence-electron chi connectivity index (χ3n) is 3.36. The molecule has 7 heteroatoms. The fourth-order valence-corrected chi connectivity index (χ4v) is 2.23. The Hall–Kier alpha value is -2.57. The Balaban J connectivity index is 1.93. The maximum absolute atomic E-state index is 12.0. The molecule has 1 saturated heterocycles. The Morgan fingerprint density at radius 3 is 2.59 bits per heavy atom. The number of anilines is 1. The van der Waals surface area contributed by atoms with Gasteiger partial charge in [0.05, 0.1) is 7.11 Å². The summed E-state index contributed by atoms with van der Waals surface area (Å²) in [5, 5.41) is 5.22. The predicted octanol–water partition coefficient (Wildman–Crippen LogP) is 1.35. The summed E-state index contributed by atoms with van der Waals surface area (Å²) in [5.74, 6) is -0.1000. The van der Waals surface area contributed by atoms with Gasteiger partial charge in [0.2, 0.25) is 5.91 Å². The number of hydrogen-bond donors (Lipinski definition) is 2. The third kappa shape index (κ3) is 3.55. The van der Waals surface area contributed by atoms with E-state index in [2.05, 4.69) is 10.6 Å². The van der Waals surface area contributed by atoms with Crippen molar-refractivity contribution in [1.29, 1.82) is 0 Å². The van der Waals surface area contributed by atoms with Gasteiger partial charge in [-0.2, -0.15) is 0 Å². The van der Waals surface area contributed by atoms with E-state index in [1.165, 1.54) is 0 Å². The molecule has 4 amide bonds. The van der Waals surface area contributed by atoms with E-state index < -0.39 is 18.0 Å². The minimum atomic E-state index is -0.522. The van der Waals surface area contributed by atoms with Gasteiger partial charge in [0.15, 0.2) is 0 Å². The number of methoxy groups -OCH3 is 1. The molecule has 1 heterocycles. The first-order chi connectivity index (χ1) is 10.5. The van der Waals surface area contributed by atoms with Gasteiger partial charge in [-0.1, -0.05) is 13.3 Å². The summed E-state index contributed by atoms with van der Waals surface area (Å²) in [6.07, 6.45) is 1.35. The summed E-state index contributed by atoms with van der Waals surface area (Å²) in [7, 11) is 1.55. The van der Waals surface area contributed by atoms with E-state index in [0.717, 1.165) is 11.3 Å². The lowest BCUT2D eigenvalue weighted by atomic mass is 10.2. The topological polar surface area (TPSA) is 87.7 Å². The van der Waals surface area contributed by atoms with E-state index in [1.807, 2.05) is 6.92 Å². The number of carbonyl (C=O) groups is 3. The van der Waals surface area contributed by atoms with E-state index in [1.54, 1.807) is 31.4 Å². The number of nitrogens with zero attached hydrogens (tertiary/aromatic N) is 1. The minimum absolute atomic E-state index is 0.295. The second-order valence-electron chi connectivity index (χ2n) is 4.99. The maximum atomic E-state index is 12.0. The molecule has 1 aliphatic heterocycles. The number of urea groups is 1. The van der Waals surface area contributed by atoms with Crippen molar-refractivity contribution in [3.63, 3.8) is 0 Å². The molecule has 2 rings (SSSR count). The van der Waals surface area contributed by atoms with Crippen molar-refractivity contribution in [2.75, 3.05) is 19.0 Å². The molecule has 0 radical (unpaired) electrons. The molecule has 2 N–H and O–H groups in total. The average molecular weight is 305 g/mol. The first-order valence-corrected chi connectivity index (χ1v) is 7.11. The van der Waals surface area contributed by atoms with Crippen LogP contribution in [-0.2, 0) is 9.59 Å². The Morgan fingerprint density at radius 2 is 2.00 bits per heavy atom. The van der Waals surface area contributed by atoms with Crippen LogP contribution in [0.2, 0.25) is 0 Å². The molecule has 118 valence electrons. The number of imide groups is 1. The fraction of sp³-hybridized carbons (Fsp3) is 0.400. The van der Waals surface area contributed by atoms with Gasteiger partial charge < -0.3 is 15.4 Å². The van der Waals surface area contributed by atoms with Crippen LogP contribution in [0.3, 0.4) is 0 Å². The van der Waals surface area contributed by atoms with Crippen molar-refractivity contribution in [3.8, 4) is 5.75 Å². The number of ether oxygens (including phenoxy) is 1. The van der Waals surface area contributed by atoms with Crippen LogP contribution in [0.25, 0.3) is 0 Å². The molecule has 0 bridgehead atoms. The summed E-state index contributed by atoms with van der Waals surface area (Å²) in [4.78, 5) is 36.7. The standard InChI is InChI=1S/C15H19N3O4/c1-3-4-12-14(20)18(15(21)17-12)9-13(19)16-10-5-7-11(22-2)8-6-10/h5-8,12H,3-4,9H2,1-2H3,(H,16,19)(H,17,21)/t12-/m1/s1. The highest BCUT2D eigenvalue weighted by Crippen LogP contribution is 2.15. The summed E-state index contributed by atoms with van der Waals surface area (Å²) in [5.41, 5.74) is 0.572. The number of amides is 4. The van der Waals surface area contributed by atoms with Crippen molar-refractivity contribution in [2.24, 2.45) is 0 Å². The van der Waals surface area contributed by atoms with Crippen LogP contribution in [0.1, 0.15) is 19.8 Å². The Bertz CT molecular complexity index is 571. The highest BCUT2D eigenvalue weighted by molar-refractivity contribution is 6.07. The molecule has 0 aromatic heterocycles. The summed E-state index contributed by atoms with van der Waals surface area (Å²) < 4.78 is 5.03. The molecule has 7 nitrogen and oxygen atoms in total. The first-order valence-electron chi connectivity index (χ1n) is 7.11. The molecule has 0 aliphatic carbocycles. The van der Waals surface area contributed by atoms with Gasteiger partial charge in [-0.3, -0.25) is 14.5 Å². The van der Waals surface area contributed by atoms with Gasteiger partial charge in [-0.05, 0) is 30.7 Å². The summed E-state index contributed by atoms with van der Waals surface area (Å²) in [6.45, 7) is 1.63. The molecular weight excluding hydrogens is 286 g/mol. The van der Waals surface area contributed by atoms with Crippen LogP contribution in [0.5, 0.6) is 5.75 Å². The lowest BCUT2D eigenvalue weighted by Gasteiger charge is -2.13. The SMILES string of the molecule is CCC[C@H]1NC(=O)N(CC(=O)Nc2ccc(OC)cc2)C1=O. The van der Waals surface area contributed by atoms with Crippen LogP contribution in [-0.4, -0.2) is 42.4 Å². The second kappa shape index (κ2) is 6.93. The van der Waals surface area contributed by atoms with E-state index in [0.29, 0.717) is 17.9 Å². The number of rotatable bonds is 6. The number of hydrogen-bond acceptors (Lipinski definition) is 4. The maximum Gasteiger partial charge on any atom is 0.325 e. The van der Waals surface area contributed by atoms with Crippen LogP contribution < -0.4 is 15.4 Å². The quantitative estimate of drug-likeness (QED) is 0.777. The predicted molar refractivity (Wildman–Crippen MR) is 80.6 cm³/mol. The Labute approximate surface area is 128 Å². The third-order valence-corrected chi connectivity index (χ3v) is 3.36. The molecular formula is C15H19N3O4. The Morgan fingerprint density at radius 1 is 1.32 bits per heavy atom. The monoisotopic (exact) mass is 305 g/mol. The molecule has 1 fully saturated rings. The van der Waals surface area contributed by atoms with Gasteiger partial charge >= 0.3 is 6.03 Å². The Kier molecular flexibility index (Phi) is 4.98. The number of carbonyl (C=O) groups excluding carboxylic acids is 3. The van der Waals surface area contributed by atoms with E-state index in [4.69, 9.17) is 4.74 Å². The summed E-state index contributed by atoms with van der Waals surface area (Å²) in [6, 6.07) is 5.74. The van der Waals surface area contributed by atoms with Crippen LogP contribution >= 0.6 is 0 Å². The first kappa shape index (κ1) is 15.8. The minimum Gasteiger partial charge on any atom is -0.497 e. The lowest BCUT2D eigenvalue weighted by Crippen LogP contribution is -2.38. The smallest absolute Gasteiger partial charge is 0.325 e. The van der Waals surface area contributed by atoms with Gasteiger partial charge in [-0.25, -0.2) is 4.79 Å². The van der Waals surface area contributed by atoms with Crippen molar-refractivity contribution in [2.45, 2.75) is 25.8 Å². The van der Waals surface area contributed by atoms with Crippen LogP contribution in [0.4, 0.5) is 10.5 Å². The van der Waals surface area contributed by atoms with E-state index in [9.17, 15) is 14.4 Å². The molecule has 0 unspecified atom stereocenters. The highest BCUT2D eigenvalue weighted by atomic mass is 16.5. The average Bonchev–Trinajstić information content (AvgIpc) is 2.76. The van der Waals surface area contributed by atoms with Gasteiger partial charge in [-0.15, -0.1) is 0 Å². The van der Waals surface area contributed by atoms with Crippen molar-refractivity contribution >= 4 is 23.5 Å². The zero-order valence-electron chi connectivity index (χ0n) is 12.6. The van der Waals surface area contributed by atoms with E-state index >= 15 is 0 Å². The number of benzene rings is 1. The lowest BCUT2D eigenvalue weighted by molar-refractivity contribution is -0.130. The molecule has 0 spiro atoms. The second-order valence-corrected chi connectivity index (χ2v) is 4.99. The van der Waals surface area contributed by atoms with Crippen LogP contribution in [0, 0.1) is 0 Å². The molecule has 0 saturated carbocycles. The van der Waals surface area contributed by atoms with Gasteiger partial charge in [0.1, 0.15) is 18.3 Å². The molecule has 22 heavy (non-hydrogen) atoms.